The molecule has 1 aromatic rings. The summed E-state index contributed by atoms with van der Waals surface area (Å²) < 4.78 is 0. The van der Waals surface area contributed by atoms with E-state index in [1.165, 1.54) is 19.3 Å². The van der Waals surface area contributed by atoms with E-state index in [4.69, 9.17) is 0 Å². The summed E-state index contributed by atoms with van der Waals surface area (Å²) in [6.07, 6.45) is 3.96. The van der Waals surface area contributed by atoms with Gasteiger partial charge in [0.2, 0.25) is 0 Å². The van der Waals surface area contributed by atoms with Gasteiger partial charge in [-0.15, -0.1) is 0 Å². The van der Waals surface area contributed by atoms with Crippen LogP contribution in [-0.2, 0) is 12.8 Å². The first-order valence-electron chi connectivity index (χ1n) is 3.53. The van der Waals surface area contributed by atoms with Gasteiger partial charge in [0.25, 0.3) is 0 Å². The van der Waals surface area contributed by atoms with Gasteiger partial charge in [-0.1, -0.05) is 24.3 Å². The first kappa shape index (κ1) is 8.95. The Bertz CT molecular complexity index is 195. The summed E-state index contributed by atoms with van der Waals surface area (Å²) in [7, 11) is 0. The second-order valence-corrected chi connectivity index (χ2v) is 2.62. The van der Waals surface area contributed by atoms with Crippen LogP contribution < -0.4 is 0 Å². The van der Waals surface area contributed by atoms with E-state index in [0.29, 0.717) is 0 Å². The van der Waals surface area contributed by atoms with Crippen LogP contribution in [0.2, 0.25) is 0 Å². The molecule has 0 saturated heterocycles. The summed E-state index contributed by atoms with van der Waals surface area (Å²) in [5, 5.41) is 0. The van der Waals surface area contributed by atoms with Crippen molar-refractivity contribution >= 4 is 51.4 Å². The molecule has 1 heteroatoms. The average Bonchev–Trinajstić information content (AvgIpc) is 2.33. The van der Waals surface area contributed by atoms with E-state index in [-0.39, 0.29) is 51.4 Å². The van der Waals surface area contributed by atoms with Crippen LogP contribution in [-0.4, -0.2) is 51.4 Å². The van der Waals surface area contributed by atoms with Gasteiger partial charge in [0.1, 0.15) is 0 Å². The van der Waals surface area contributed by atoms with Crippen molar-refractivity contribution in [3.8, 4) is 0 Å². The summed E-state index contributed by atoms with van der Waals surface area (Å²) in [5.41, 5.74) is 3.13. The van der Waals surface area contributed by atoms with Crippen LogP contribution in [0.1, 0.15) is 17.5 Å². The van der Waals surface area contributed by atoms with Gasteiger partial charge in [-0.05, 0) is 30.4 Å². The second kappa shape index (κ2) is 4.03. The molecule has 0 aliphatic heterocycles. The van der Waals surface area contributed by atoms with E-state index >= 15 is 0 Å². The van der Waals surface area contributed by atoms with Gasteiger partial charge >= 0.3 is 51.4 Å². The molecule has 0 bridgehead atoms. The third-order valence-electron chi connectivity index (χ3n) is 2.01. The third-order valence-corrected chi connectivity index (χ3v) is 2.01. The molecule has 0 unspecified atom stereocenters. The molecule has 0 fully saturated rings. The normalized spacial score (nSPS) is 14.0. The Kier molecular flexibility index (Phi) is 3.60. The van der Waals surface area contributed by atoms with E-state index in [1.54, 1.807) is 11.1 Å². The van der Waals surface area contributed by atoms with Crippen LogP contribution in [0.3, 0.4) is 0 Å². The minimum atomic E-state index is 0. The molecule has 1 aliphatic rings. The maximum Gasteiger partial charge on any atom is -0.0273 e. The fourth-order valence-electron chi connectivity index (χ4n) is 1.51. The fourth-order valence-corrected chi connectivity index (χ4v) is 1.51. The molecule has 0 heterocycles. The van der Waals surface area contributed by atoms with Crippen molar-refractivity contribution in [2.75, 3.05) is 0 Å². The Morgan fingerprint density at radius 2 is 1.40 bits per heavy atom. The molecule has 0 saturated carbocycles. The van der Waals surface area contributed by atoms with Gasteiger partial charge in [0, 0.05) is 0 Å². The van der Waals surface area contributed by atoms with Crippen molar-refractivity contribution in [3.63, 3.8) is 0 Å². The Morgan fingerprint density at radius 1 is 0.900 bits per heavy atom. The summed E-state index contributed by atoms with van der Waals surface area (Å²) >= 11 is 0. The largest absolute Gasteiger partial charge is 0.0620 e. The maximum atomic E-state index is 2.24. The molecular formula is C9H11K. The predicted octanol–water partition coefficient (Wildman–Crippen LogP) is 1.53. The molecule has 1 aromatic carbocycles. The standard InChI is InChI=1S/C9H10.K.H/c1-2-5-9-7-3-6-8(9)4-1;;/h1-2,4-5H,3,6-7H2;;. The zero-order valence-corrected chi connectivity index (χ0v) is 5.43. The van der Waals surface area contributed by atoms with E-state index in [0.717, 1.165) is 0 Å². The van der Waals surface area contributed by atoms with Crippen LogP contribution in [0, 0.1) is 0 Å². The smallest absolute Gasteiger partial charge is 0.0273 e. The Morgan fingerprint density at radius 3 is 1.90 bits per heavy atom. The maximum absolute atomic E-state index is 2.24. The molecule has 2 rings (SSSR count). The minimum absolute atomic E-state index is 0. The van der Waals surface area contributed by atoms with Crippen LogP contribution in [0.4, 0.5) is 0 Å². The average molecular weight is 158 g/mol. The number of fused-ring (bicyclic) bond motifs is 1. The van der Waals surface area contributed by atoms with Gasteiger partial charge in [-0.3, -0.25) is 0 Å². The molecule has 1 aliphatic carbocycles. The monoisotopic (exact) mass is 158 g/mol. The fraction of sp³-hybridized carbons (Fsp3) is 0.333. The SMILES string of the molecule is [KH].c1ccc2c(c1)CCC2. The van der Waals surface area contributed by atoms with E-state index in [2.05, 4.69) is 24.3 Å². The van der Waals surface area contributed by atoms with Gasteiger partial charge in [-0.2, -0.15) is 0 Å². The number of aryl methyl sites for hydroxylation is 2. The van der Waals surface area contributed by atoms with Crippen molar-refractivity contribution < 1.29 is 0 Å². The van der Waals surface area contributed by atoms with Crippen molar-refractivity contribution in [1.29, 1.82) is 0 Å². The summed E-state index contributed by atoms with van der Waals surface area (Å²) in [6, 6.07) is 8.74. The topological polar surface area (TPSA) is 0 Å². The number of rotatable bonds is 0. The van der Waals surface area contributed by atoms with Crippen molar-refractivity contribution in [2.24, 2.45) is 0 Å². The predicted molar refractivity (Wildman–Crippen MR) is 45.6 cm³/mol. The quantitative estimate of drug-likeness (QED) is 0.502. The van der Waals surface area contributed by atoms with E-state index in [9.17, 15) is 0 Å². The molecule has 0 nitrogen and oxygen atoms in total. The van der Waals surface area contributed by atoms with Crippen molar-refractivity contribution in [3.05, 3.63) is 35.4 Å². The first-order chi connectivity index (χ1) is 4.47. The van der Waals surface area contributed by atoms with Crippen LogP contribution in [0.15, 0.2) is 24.3 Å². The molecular weight excluding hydrogens is 147 g/mol. The second-order valence-electron chi connectivity index (χ2n) is 2.62. The number of hydrogen-bond acceptors (Lipinski definition) is 0. The zero-order valence-electron chi connectivity index (χ0n) is 5.43. The van der Waals surface area contributed by atoms with Crippen LogP contribution >= 0.6 is 0 Å². The summed E-state index contributed by atoms with van der Waals surface area (Å²) in [5.74, 6) is 0. The third kappa shape index (κ3) is 1.71. The van der Waals surface area contributed by atoms with E-state index in [1.807, 2.05) is 0 Å². The van der Waals surface area contributed by atoms with Gasteiger partial charge < -0.3 is 0 Å². The van der Waals surface area contributed by atoms with Gasteiger partial charge in [0.05, 0.1) is 0 Å². The van der Waals surface area contributed by atoms with E-state index < -0.39 is 0 Å². The molecule has 0 radical (unpaired) electrons. The molecule has 48 valence electrons. The molecule has 0 atom stereocenters. The first-order valence-corrected chi connectivity index (χ1v) is 3.53. The molecule has 0 aromatic heterocycles. The minimum Gasteiger partial charge on any atom is -0.0620 e. The summed E-state index contributed by atoms with van der Waals surface area (Å²) in [4.78, 5) is 0. The molecule has 0 spiro atoms. The zero-order chi connectivity index (χ0) is 6.10. The Balaban J connectivity index is 0.000000500. The Hall–Kier alpha value is 0.856. The Labute approximate surface area is 104 Å². The molecule has 10 heavy (non-hydrogen) atoms. The van der Waals surface area contributed by atoms with Crippen LogP contribution in [0.25, 0.3) is 0 Å². The van der Waals surface area contributed by atoms with Crippen molar-refractivity contribution in [1.82, 2.24) is 0 Å². The van der Waals surface area contributed by atoms with Gasteiger partial charge in [-0.25, -0.2) is 0 Å². The number of hydrogen-bond donors (Lipinski definition) is 0. The summed E-state index contributed by atoms with van der Waals surface area (Å²) in [6.45, 7) is 0. The van der Waals surface area contributed by atoms with Crippen LogP contribution in [0.5, 0.6) is 0 Å². The number of benzene rings is 1. The molecule has 0 amide bonds. The van der Waals surface area contributed by atoms with Crippen molar-refractivity contribution in [2.45, 2.75) is 19.3 Å². The molecule has 0 N–H and O–H groups in total. The van der Waals surface area contributed by atoms with Gasteiger partial charge in [0.15, 0.2) is 0 Å².